The van der Waals surface area contributed by atoms with Crippen LogP contribution in [0.25, 0.3) is 0 Å². The second kappa shape index (κ2) is 11.1. The van der Waals surface area contributed by atoms with Crippen molar-refractivity contribution in [3.8, 4) is 0 Å². The summed E-state index contributed by atoms with van der Waals surface area (Å²) in [6.07, 6.45) is 0. The predicted octanol–water partition coefficient (Wildman–Crippen LogP) is 3.38. The highest BCUT2D eigenvalue weighted by molar-refractivity contribution is 5.95. The number of carbonyl (C=O) groups excluding carboxylic acids is 1. The van der Waals surface area contributed by atoms with Crippen LogP contribution >= 0.6 is 24.8 Å². The number of amides is 1. The quantitative estimate of drug-likeness (QED) is 0.746. The van der Waals surface area contributed by atoms with Gasteiger partial charge in [0.15, 0.2) is 0 Å². The smallest absolute Gasteiger partial charge is 0.254 e. The highest BCUT2D eigenvalue weighted by Gasteiger charge is 2.34. The van der Waals surface area contributed by atoms with Crippen molar-refractivity contribution in [1.29, 1.82) is 0 Å². The second-order valence-electron chi connectivity index (χ2n) is 7.98. The number of carbonyl (C=O) groups is 1. The molecule has 0 aromatic heterocycles. The van der Waals surface area contributed by atoms with E-state index in [0.29, 0.717) is 24.3 Å². The summed E-state index contributed by atoms with van der Waals surface area (Å²) in [7, 11) is 0. The van der Waals surface area contributed by atoms with Gasteiger partial charge in [-0.1, -0.05) is 37.3 Å². The lowest BCUT2D eigenvalue weighted by Gasteiger charge is -2.35. The number of anilines is 1. The van der Waals surface area contributed by atoms with E-state index in [0.717, 1.165) is 38.3 Å². The maximum Gasteiger partial charge on any atom is 0.254 e. The Morgan fingerprint density at radius 3 is 2.32 bits per heavy atom. The number of rotatable bonds is 4. The number of likely N-dealkylation sites (tertiary alicyclic amines) is 1. The summed E-state index contributed by atoms with van der Waals surface area (Å²) in [5.74, 6) is -0.372. The SMILES string of the molecule is CCN1CCN(c2ccc(C(=O)N3C[C@@H](N)[C@H](c4ccccc4)C3)cc2F)CC1.Cl.Cl. The van der Waals surface area contributed by atoms with E-state index in [1.54, 1.807) is 17.0 Å². The largest absolute Gasteiger partial charge is 0.367 e. The molecule has 2 heterocycles. The van der Waals surface area contributed by atoms with Crippen LogP contribution in [-0.4, -0.2) is 67.6 Å². The Bertz CT molecular complexity index is 862. The molecule has 2 fully saturated rings. The van der Waals surface area contributed by atoms with Crippen LogP contribution in [0.5, 0.6) is 0 Å². The van der Waals surface area contributed by atoms with Gasteiger partial charge in [-0.25, -0.2) is 4.39 Å². The summed E-state index contributed by atoms with van der Waals surface area (Å²) in [4.78, 5) is 19.1. The molecule has 2 aromatic rings. The predicted molar refractivity (Wildman–Crippen MR) is 128 cm³/mol. The van der Waals surface area contributed by atoms with Crippen molar-refractivity contribution in [3.05, 3.63) is 65.5 Å². The minimum atomic E-state index is -0.330. The summed E-state index contributed by atoms with van der Waals surface area (Å²) < 4.78 is 14.8. The number of halogens is 3. The highest BCUT2D eigenvalue weighted by Crippen LogP contribution is 2.28. The molecule has 0 unspecified atom stereocenters. The Morgan fingerprint density at radius 2 is 1.71 bits per heavy atom. The average Bonchev–Trinajstić information content (AvgIpc) is 3.15. The van der Waals surface area contributed by atoms with Gasteiger partial charge in [0, 0.05) is 56.8 Å². The van der Waals surface area contributed by atoms with E-state index in [-0.39, 0.29) is 48.5 Å². The van der Waals surface area contributed by atoms with Gasteiger partial charge in [-0.15, -0.1) is 24.8 Å². The minimum Gasteiger partial charge on any atom is -0.367 e. The normalized spacial score (nSPS) is 21.4. The third kappa shape index (κ3) is 5.50. The van der Waals surface area contributed by atoms with Crippen molar-refractivity contribution in [2.75, 3.05) is 50.7 Å². The summed E-state index contributed by atoms with van der Waals surface area (Å²) in [6.45, 7) is 7.68. The fourth-order valence-electron chi connectivity index (χ4n) is 4.43. The van der Waals surface area contributed by atoms with Crippen LogP contribution < -0.4 is 10.6 Å². The zero-order valence-corrected chi connectivity index (χ0v) is 19.4. The first-order valence-corrected chi connectivity index (χ1v) is 10.4. The standard InChI is InChI=1S/C23H29FN4O.2ClH/c1-2-26-10-12-27(13-11-26)22-9-8-18(14-20(22)24)23(29)28-15-19(21(25)16-28)17-6-4-3-5-7-17;;/h3-9,14,19,21H,2,10-13,15-16,25H2,1H3;2*1H/t19-,21+;;/m0../s1. The molecular formula is C23H31Cl2FN4O. The fraction of sp³-hybridized carbons (Fsp3) is 0.435. The molecule has 2 atom stereocenters. The molecule has 4 rings (SSSR count). The molecule has 0 bridgehead atoms. The molecule has 0 spiro atoms. The number of benzene rings is 2. The molecule has 170 valence electrons. The van der Waals surface area contributed by atoms with Gasteiger partial charge in [0.1, 0.15) is 5.82 Å². The van der Waals surface area contributed by atoms with Crippen molar-refractivity contribution < 1.29 is 9.18 Å². The van der Waals surface area contributed by atoms with Crippen LogP contribution in [0.3, 0.4) is 0 Å². The van der Waals surface area contributed by atoms with E-state index in [2.05, 4.69) is 16.7 Å². The molecule has 2 saturated heterocycles. The van der Waals surface area contributed by atoms with Gasteiger partial charge in [0.2, 0.25) is 0 Å². The molecule has 0 radical (unpaired) electrons. The molecule has 0 saturated carbocycles. The van der Waals surface area contributed by atoms with Gasteiger partial charge in [-0.3, -0.25) is 4.79 Å². The lowest BCUT2D eigenvalue weighted by Crippen LogP contribution is -2.46. The van der Waals surface area contributed by atoms with E-state index in [4.69, 9.17) is 5.73 Å². The van der Waals surface area contributed by atoms with Crippen molar-refractivity contribution >= 4 is 36.4 Å². The first-order chi connectivity index (χ1) is 14.1. The Balaban J connectivity index is 0.00000171. The Labute approximate surface area is 196 Å². The van der Waals surface area contributed by atoms with E-state index in [1.807, 2.05) is 30.3 Å². The Morgan fingerprint density at radius 1 is 1.03 bits per heavy atom. The van der Waals surface area contributed by atoms with Crippen LogP contribution in [0.2, 0.25) is 0 Å². The molecule has 8 heteroatoms. The molecular weight excluding hydrogens is 438 g/mol. The molecule has 2 N–H and O–H groups in total. The lowest BCUT2D eigenvalue weighted by atomic mass is 9.95. The Hall–Kier alpha value is -1.86. The first kappa shape index (κ1) is 25.4. The van der Waals surface area contributed by atoms with Gasteiger partial charge in [-0.05, 0) is 30.3 Å². The molecule has 2 aliphatic rings. The van der Waals surface area contributed by atoms with Gasteiger partial charge in [0.05, 0.1) is 5.69 Å². The van der Waals surface area contributed by atoms with Crippen molar-refractivity contribution in [2.24, 2.45) is 5.73 Å². The summed E-state index contributed by atoms with van der Waals surface area (Å²) in [5, 5.41) is 0. The Kier molecular flexibility index (Phi) is 9.13. The number of hydrogen-bond donors (Lipinski definition) is 1. The van der Waals surface area contributed by atoms with E-state index >= 15 is 0 Å². The van der Waals surface area contributed by atoms with Crippen molar-refractivity contribution in [1.82, 2.24) is 9.80 Å². The topological polar surface area (TPSA) is 52.8 Å². The van der Waals surface area contributed by atoms with E-state index in [9.17, 15) is 9.18 Å². The zero-order valence-electron chi connectivity index (χ0n) is 17.7. The molecule has 0 aliphatic carbocycles. The van der Waals surface area contributed by atoms with Gasteiger partial charge in [0.25, 0.3) is 5.91 Å². The summed E-state index contributed by atoms with van der Waals surface area (Å²) in [6, 6.07) is 14.8. The number of nitrogens with zero attached hydrogens (tertiary/aromatic N) is 3. The molecule has 31 heavy (non-hydrogen) atoms. The van der Waals surface area contributed by atoms with Crippen LogP contribution in [-0.2, 0) is 0 Å². The van der Waals surface area contributed by atoms with Gasteiger partial charge < -0.3 is 20.4 Å². The third-order valence-electron chi connectivity index (χ3n) is 6.23. The van der Waals surface area contributed by atoms with Crippen molar-refractivity contribution in [2.45, 2.75) is 18.9 Å². The molecule has 2 aliphatic heterocycles. The van der Waals surface area contributed by atoms with E-state index < -0.39 is 0 Å². The first-order valence-electron chi connectivity index (χ1n) is 10.4. The van der Waals surface area contributed by atoms with E-state index in [1.165, 1.54) is 6.07 Å². The molecule has 1 amide bonds. The van der Waals surface area contributed by atoms with Crippen molar-refractivity contribution in [3.63, 3.8) is 0 Å². The lowest BCUT2D eigenvalue weighted by molar-refractivity contribution is 0.0788. The zero-order chi connectivity index (χ0) is 20.4. The van der Waals surface area contributed by atoms with Crippen LogP contribution in [0, 0.1) is 5.82 Å². The average molecular weight is 469 g/mol. The van der Waals surface area contributed by atoms with Gasteiger partial charge in [-0.2, -0.15) is 0 Å². The number of nitrogens with two attached hydrogens (primary N) is 1. The number of piperazine rings is 1. The highest BCUT2D eigenvalue weighted by atomic mass is 35.5. The monoisotopic (exact) mass is 468 g/mol. The fourth-order valence-corrected chi connectivity index (χ4v) is 4.43. The van der Waals surface area contributed by atoms with Crippen LogP contribution in [0.15, 0.2) is 48.5 Å². The van der Waals surface area contributed by atoms with Crippen LogP contribution in [0.1, 0.15) is 28.8 Å². The van der Waals surface area contributed by atoms with Gasteiger partial charge >= 0.3 is 0 Å². The minimum absolute atomic E-state index is 0. The summed E-state index contributed by atoms with van der Waals surface area (Å²) in [5.41, 5.74) is 8.42. The number of likely N-dealkylation sites (N-methyl/N-ethyl adjacent to an activating group) is 1. The molecule has 2 aromatic carbocycles. The molecule has 5 nitrogen and oxygen atoms in total. The maximum atomic E-state index is 14.8. The third-order valence-corrected chi connectivity index (χ3v) is 6.23. The van der Waals surface area contributed by atoms with Crippen LogP contribution in [0.4, 0.5) is 10.1 Å². The summed E-state index contributed by atoms with van der Waals surface area (Å²) >= 11 is 0. The second-order valence-corrected chi connectivity index (χ2v) is 7.98. The maximum absolute atomic E-state index is 14.8. The number of hydrogen-bond acceptors (Lipinski definition) is 4.